The van der Waals surface area contributed by atoms with Gasteiger partial charge in [-0.1, -0.05) is 0 Å². The van der Waals surface area contributed by atoms with E-state index in [1.54, 1.807) is 0 Å². The van der Waals surface area contributed by atoms with Crippen molar-refractivity contribution >= 4 is 0 Å². The van der Waals surface area contributed by atoms with E-state index in [4.69, 9.17) is 10.2 Å². The van der Waals surface area contributed by atoms with Crippen LogP contribution in [0.1, 0.15) is 19.3 Å². The predicted molar refractivity (Wildman–Crippen MR) is 30.9 cm³/mol. The molecule has 1 aliphatic carbocycles. The largest absolute Gasteiger partial charge is 0.356 e. The van der Waals surface area contributed by atoms with Gasteiger partial charge in [-0.25, -0.2) is 17.6 Å². The van der Waals surface area contributed by atoms with Gasteiger partial charge >= 0.3 is 11.8 Å². The van der Waals surface area contributed by atoms with Crippen LogP contribution >= 0.6 is 0 Å². The molecule has 0 atom stereocenters. The van der Waals surface area contributed by atoms with Crippen molar-refractivity contribution in [1.82, 2.24) is 0 Å². The Hall–Kier alpha value is -0.360. The number of hydrogen-bond donors (Lipinski definition) is 2. The van der Waals surface area contributed by atoms with E-state index < -0.39 is 36.9 Å². The Kier molecular flexibility index (Phi) is 1.88. The summed E-state index contributed by atoms with van der Waals surface area (Å²) in [7, 11) is 0. The predicted octanol–water partition coefficient (Wildman–Crippen LogP) is 1.12. The van der Waals surface area contributed by atoms with E-state index >= 15 is 0 Å². The first kappa shape index (κ1) is 9.73. The third-order valence-electron chi connectivity index (χ3n) is 2.00. The van der Waals surface area contributed by atoms with Crippen LogP contribution in [0.15, 0.2) is 0 Å². The fraction of sp³-hybridized carbons (Fsp3) is 1.00. The second-order valence-electron chi connectivity index (χ2n) is 2.93. The standard InChI is InChI=1S/C6H8F4O2/c7-4(8)2-1-3-5(9,10)6(4,11)12/h11-12H,1-3H2. The van der Waals surface area contributed by atoms with E-state index in [1.165, 1.54) is 0 Å². The molecule has 0 amide bonds. The van der Waals surface area contributed by atoms with Crippen LogP contribution in [0.5, 0.6) is 0 Å². The molecule has 1 saturated carbocycles. The Labute approximate surface area is 65.8 Å². The summed E-state index contributed by atoms with van der Waals surface area (Å²) in [6.45, 7) is 0. The Balaban J connectivity index is 2.99. The molecular formula is C6H8F4O2. The Morgan fingerprint density at radius 3 is 1.42 bits per heavy atom. The van der Waals surface area contributed by atoms with Crippen LogP contribution in [-0.2, 0) is 0 Å². The van der Waals surface area contributed by atoms with Crippen LogP contribution < -0.4 is 0 Å². The SMILES string of the molecule is OC1(O)C(F)(F)CCCC1(F)F. The van der Waals surface area contributed by atoms with Crippen molar-refractivity contribution in [2.75, 3.05) is 0 Å². The first-order chi connectivity index (χ1) is 5.21. The van der Waals surface area contributed by atoms with Gasteiger partial charge < -0.3 is 10.2 Å². The molecule has 1 aliphatic rings. The Morgan fingerprint density at radius 1 is 0.833 bits per heavy atom. The van der Waals surface area contributed by atoms with Gasteiger partial charge in [0, 0.05) is 12.8 Å². The molecule has 0 spiro atoms. The van der Waals surface area contributed by atoms with Gasteiger partial charge in [0.15, 0.2) is 0 Å². The van der Waals surface area contributed by atoms with Crippen LogP contribution in [0.2, 0.25) is 0 Å². The molecule has 0 aliphatic heterocycles. The van der Waals surface area contributed by atoms with Crippen molar-refractivity contribution in [1.29, 1.82) is 0 Å². The normalized spacial score (nSPS) is 31.5. The maximum absolute atomic E-state index is 12.5. The third kappa shape index (κ3) is 1.09. The van der Waals surface area contributed by atoms with Gasteiger partial charge in [-0.15, -0.1) is 0 Å². The highest BCUT2D eigenvalue weighted by Gasteiger charge is 2.68. The molecule has 0 aromatic rings. The van der Waals surface area contributed by atoms with Crippen LogP contribution in [-0.4, -0.2) is 27.8 Å². The number of aliphatic hydroxyl groups is 2. The number of hydrogen-bond acceptors (Lipinski definition) is 2. The summed E-state index contributed by atoms with van der Waals surface area (Å²) in [5.74, 6) is -12.5. The minimum atomic E-state index is -4.20. The fourth-order valence-electron chi connectivity index (χ4n) is 1.15. The van der Waals surface area contributed by atoms with Gasteiger partial charge in [0.05, 0.1) is 0 Å². The van der Waals surface area contributed by atoms with Crippen LogP contribution in [0, 0.1) is 0 Å². The quantitative estimate of drug-likeness (QED) is 0.441. The molecule has 72 valence electrons. The molecule has 0 bridgehead atoms. The smallest absolute Gasteiger partial charge is 0.306 e. The lowest BCUT2D eigenvalue weighted by atomic mass is 9.87. The minimum Gasteiger partial charge on any atom is -0.356 e. The zero-order valence-corrected chi connectivity index (χ0v) is 6.03. The van der Waals surface area contributed by atoms with Crippen LogP contribution in [0.25, 0.3) is 0 Å². The summed E-state index contributed by atoms with van der Waals surface area (Å²) in [4.78, 5) is 0. The van der Waals surface area contributed by atoms with Gasteiger partial charge in [0.25, 0.3) is 5.79 Å². The lowest BCUT2D eigenvalue weighted by Crippen LogP contribution is -2.63. The van der Waals surface area contributed by atoms with E-state index in [1.807, 2.05) is 0 Å². The molecule has 0 radical (unpaired) electrons. The number of rotatable bonds is 0. The van der Waals surface area contributed by atoms with Gasteiger partial charge in [-0.05, 0) is 6.42 Å². The maximum atomic E-state index is 12.5. The van der Waals surface area contributed by atoms with Crippen molar-refractivity contribution in [2.24, 2.45) is 0 Å². The average molecular weight is 188 g/mol. The zero-order chi connectivity index (χ0) is 9.62. The second-order valence-corrected chi connectivity index (χ2v) is 2.93. The molecule has 2 nitrogen and oxygen atoms in total. The first-order valence-corrected chi connectivity index (χ1v) is 3.41. The van der Waals surface area contributed by atoms with Crippen molar-refractivity contribution in [3.63, 3.8) is 0 Å². The summed E-state index contributed by atoms with van der Waals surface area (Å²) < 4.78 is 50.0. The lowest BCUT2D eigenvalue weighted by molar-refractivity contribution is -0.395. The minimum absolute atomic E-state index is 0.414. The Morgan fingerprint density at radius 2 is 1.17 bits per heavy atom. The van der Waals surface area contributed by atoms with E-state index in [0.717, 1.165) is 0 Å². The third-order valence-corrected chi connectivity index (χ3v) is 2.00. The van der Waals surface area contributed by atoms with Crippen LogP contribution in [0.4, 0.5) is 17.6 Å². The first-order valence-electron chi connectivity index (χ1n) is 3.41. The van der Waals surface area contributed by atoms with E-state index in [-0.39, 0.29) is 0 Å². The molecule has 1 rings (SSSR count). The molecule has 2 N–H and O–H groups in total. The molecule has 0 aromatic heterocycles. The van der Waals surface area contributed by atoms with Gasteiger partial charge in [-0.3, -0.25) is 0 Å². The summed E-state index contributed by atoms with van der Waals surface area (Å²) in [5, 5.41) is 17.0. The Bertz CT molecular complexity index is 172. The summed E-state index contributed by atoms with van der Waals surface area (Å²) in [5.41, 5.74) is 0. The topological polar surface area (TPSA) is 40.5 Å². The molecule has 1 fully saturated rings. The van der Waals surface area contributed by atoms with Crippen molar-refractivity contribution in [2.45, 2.75) is 36.9 Å². The molecular weight excluding hydrogens is 180 g/mol. The summed E-state index contributed by atoms with van der Waals surface area (Å²) >= 11 is 0. The maximum Gasteiger partial charge on any atom is 0.306 e. The van der Waals surface area contributed by atoms with Crippen molar-refractivity contribution < 1.29 is 27.8 Å². The van der Waals surface area contributed by atoms with Crippen molar-refractivity contribution in [3.8, 4) is 0 Å². The zero-order valence-electron chi connectivity index (χ0n) is 6.03. The molecule has 0 aromatic carbocycles. The second kappa shape index (κ2) is 2.32. The summed E-state index contributed by atoms with van der Waals surface area (Å²) in [6, 6.07) is 0. The van der Waals surface area contributed by atoms with E-state index in [9.17, 15) is 17.6 Å². The van der Waals surface area contributed by atoms with Crippen molar-refractivity contribution in [3.05, 3.63) is 0 Å². The highest BCUT2D eigenvalue weighted by atomic mass is 19.3. The highest BCUT2D eigenvalue weighted by molar-refractivity contribution is 4.98. The fourth-order valence-corrected chi connectivity index (χ4v) is 1.15. The van der Waals surface area contributed by atoms with Gasteiger partial charge in [0.1, 0.15) is 0 Å². The monoisotopic (exact) mass is 188 g/mol. The van der Waals surface area contributed by atoms with E-state index in [0.29, 0.717) is 0 Å². The molecule has 0 unspecified atom stereocenters. The van der Waals surface area contributed by atoms with Gasteiger partial charge in [0.2, 0.25) is 0 Å². The summed E-state index contributed by atoms with van der Waals surface area (Å²) in [6.07, 6.45) is -2.26. The molecule has 0 saturated heterocycles. The van der Waals surface area contributed by atoms with E-state index in [2.05, 4.69) is 0 Å². The highest BCUT2D eigenvalue weighted by Crippen LogP contribution is 2.48. The van der Waals surface area contributed by atoms with Crippen LogP contribution in [0.3, 0.4) is 0 Å². The molecule has 6 heteroatoms. The average Bonchev–Trinajstić information content (AvgIpc) is 1.83. The number of halogens is 4. The molecule has 0 heterocycles. The van der Waals surface area contributed by atoms with Gasteiger partial charge in [-0.2, -0.15) is 0 Å². The lowest BCUT2D eigenvalue weighted by Gasteiger charge is -2.40. The number of alkyl halides is 4. The molecule has 12 heavy (non-hydrogen) atoms.